The molecule has 3 aromatic rings. The molecular weight excluding hydrogens is 639 g/mol. The normalized spacial score (nSPS) is 18.0. The molecule has 0 radical (unpaired) electrons. The van der Waals surface area contributed by atoms with E-state index in [0.29, 0.717) is 5.54 Å². The van der Waals surface area contributed by atoms with E-state index in [1.807, 2.05) is 0 Å². The molecule has 0 saturated carbocycles. The van der Waals surface area contributed by atoms with Crippen LogP contribution in [0.3, 0.4) is 0 Å². The van der Waals surface area contributed by atoms with E-state index in [0.717, 1.165) is 0 Å². The minimum atomic E-state index is -0.697. The first kappa shape index (κ1) is 40.0. The molecule has 3 aromatic carbocycles. The first-order valence-corrected chi connectivity index (χ1v) is 17.2. The zero-order valence-corrected chi connectivity index (χ0v) is 33.4. The molecule has 0 bridgehead atoms. The predicted octanol–water partition coefficient (Wildman–Crippen LogP) is 0.283. The van der Waals surface area contributed by atoms with Gasteiger partial charge in [0.25, 0.3) is 0 Å². The summed E-state index contributed by atoms with van der Waals surface area (Å²) in [6.07, 6.45) is 0. The van der Waals surface area contributed by atoms with E-state index < -0.39 is 9.52 Å². The number of hydrogen-bond donors (Lipinski definition) is 0. The third kappa shape index (κ3) is 8.21. The summed E-state index contributed by atoms with van der Waals surface area (Å²) in [6, 6.07) is 24.1. The molecule has 0 fully saturated rings. The Morgan fingerprint density at radius 3 is 1.60 bits per heavy atom. The second-order valence-electron chi connectivity index (χ2n) is 14.5. The van der Waals surface area contributed by atoms with Crippen LogP contribution in [0, 0.1) is 20.8 Å². The Hall–Kier alpha value is -1.06. The molecule has 0 aromatic heterocycles. The van der Waals surface area contributed by atoms with Gasteiger partial charge in [0.2, 0.25) is 0 Å². The average molecular weight is 688 g/mol. The predicted molar refractivity (Wildman–Crippen MR) is 176 cm³/mol. The van der Waals surface area contributed by atoms with Crippen LogP contribution in [0.15, 0.2) is 77.4 Å². The van der Waals surface area contributed by atoms with Crippen molar-refractivity contribution in [1.29, 1.82) is 0 Å². The third-order valence-electron chi connectivity index (χ3n) is 9.13. The fourth-order valence-electron chi connectivity index (χ4n) is 6.60. The van der Waals surface area contributed by atoms with Crippen LogP contribution in [0.2, 0.25) is 3.72 Å². The SMILES string of the molecule is CC1=C(C)[C]([Ti+3])(C([SiH2]c2cc(C)cc(C)c2)c2cccc(C)c2)C(c2cc(C(C)(C)C)cc(C(C)(C)C)c2)=C1C.[Cl-].[Cl-].[Cl-]. The molecule has 4 rings (SSSR count). The van der Waals surface area contributed by atoms with Gasteiger partial charge in [-0.15, -0.1) is 0 Å². The van der Waals surface area contributed by atoms with E-state index in [-0.39, 0.29) is 51.8 Å². The molecule has 0 N–H and O–H groups in total. The largest absolute Gasteiger partial charge is 1.00 e. The fraction of sp³-hybridized carbons (Fsp3) is 0.421. The Kier molecular flexibility index (Phi) is 13.5. The Labute approximate surface area is 295 Å². The zero-order chi connectivity index (χ0) is 29.8. The minimum absolute atomic E-state index is 0. The van der Waals surface area contributed by atoms with Gasteiger partial charge in [0.15, 0.2) is 0 Å². The summed E-state index contributed by atoms with van der Waals surface area (Å²) >= 11 is 2.57. The van der Waals surface area contributed by atoms with Gasteiger partial charge in [0.1, 0.15) is 0 Å². The summed E-state index contributed by atoms with van der Waals surface area (Å²) in [5, 5.41) is 1.57. The number of allylic oxidation sites excluding steroid dienone is 4. The van der Waals surface area contributed by atoms with Crippen molar-refractivity contribution in [1.82, 2.24) is 0 Å². The van der Waals surface area contributed by atoms with Crippen molar-refractivity contribution in [2.24, 2.45) is 0 Å². The van der Waals surface area contributed by atoms with Gasteiger partial charge in [-0.3, -0.25) is 0 Å². The van der Waals surface area contributed by atoms with Gasteiger partial charge in [0, 0.05) is 0 Å². The van der Waals surface area contributed by atoms with Gasteiger partial charge in [0.05, 0.1) is 0 Å². The van der Waals surface area contributed by atoms with Crippen LogP contribution in [0.1, 0.15) is 107 Å². The van der Waals surface area contributed by atoms with Crippen molar-refractivity contribution >= 4 is 20.3 Å². The summed E-state index contributed by atoms with van der Waals surface area (Å²) < 4.78 is -0.0719. The van der Waals surface area contributed by atoms with Crippen LogP contribution in [-0.4, -0.2) is 9.52 Å². The minimum Gasteiger partial charge on any atom is -1.00 e. The second-order valence-corrected chi connectivity index (χ2v) is 17.8. The van der Waals surface area contributed by atoms with E-state index in [1.54, 1.807) is 16.3 Å². The van der Waals surface area contributed by atoms with E-state index >= 15 is 0 Å². The van der Waals surface area contributed by atoms with Crippen LogP contribution in [0.25, 0.3) is 5.57 Å². The monoisotopic (exact) mass is 686 g/mol. The summed E-state index contributed by atoms with van der Waals surface area (Å²) in [5.41, 5.74) is 16.5. The van der Waals surface area contributed by atoms with E-state index in [2.05, 4.69) is 164 Å². The molecule has 0 amide bonds. The summed E-state index contributed by atoms with van der Waals surface area (Å²) in [5.74, 6) is 0. The van der Waals surface area contributed by atoms with Gasteiger partial charge in [-0.25, -0.2) is 0 Å². The zero-order valence-electron chi connectivity index (χ0n) is 28.2. The van der Waals surface area contributed by atoms with E-state index in [4.69, 9.17) is 0 Å². The van der Waals surface area contributed by atoms with Crippen molar-refractivity contribution in [3.8, 4) is 0 Å². The number of rotatable bonds is 5. The molecule has 2 unspecified atom stereocenters. The van der Waals surface area contributed by atoms with Crippen molar-refractivity contribution < 1.29 is 57.7 Å². The first-order chi connectivity index (χ1) is 18.4. The van der Waals surface area contributed by atoms with Gasteiger partial charge < -0.3 is 37.2 Å². The van der Waals surface area contributed by atoms with Crippen molar-refractivity contribution in [3.63, 3.8) is 0 Å². The molecule has 2 atom stereocenters. The fourth-order valence-corrected chi connectivity index (χ4v) is 10.8. The number of aryl methyl sites for hydroxylation is 3. The van der Waals surface area contributed by atoms with Gasteiger partial charge in [-0.1, -0.05) is 0 Å². The molecule has 1 aliphatic carbocycles. The first-order valence-electron chi connectivity index (χ1n) is 14.9. The number of benzene rings is 3. The van der Waals surface area contributed by atoms with Crippen molar-refractivity contribution in [3.05, 3.63) is 116 Å². The van der Waals surface area contributed by atoms with Gasteiger partial charge in [-0.05, 0) is 0 Å². The second kappa shape index (κ2) is 14.6. The van der Waals surface area contributed by atoms with Crippen molar-refractivity contribution in [2.75, 3.05) is 0 Å². The maximum absolute atomic E-state index is 2.57. The standard InChI is InChI=1S/C38H49Si.3ClH.Ti/c1-23-14-13-15-29(17-23)36(39-33-18-24(2)16-25(3)19-33)35-28(6)26(4)27(5)34(35)30-20-31(37(7,8)9)22-32(21-30)38(10,11)12;;;;/h13-22,36H,39H2,1-12H3;3*1H;/q;;;;+3/p-3. The molecule has 5 heteroatoms. The molecule has 0 nitrogen and oxygen atoms in total. The van der Waals surface area contributed by atoms with Crippen LogP contribution < -0.4 is 42.4 Å². The maximum atomic E-state index is 2.57. The summed E-state index contributed by atoms with van der Waals surface area (Å²) in [6.45, 7) is 28.0. The molecule has 0 spiro atoms. The van der Waals surface area contributed by atoms with Crippen LogP contribution >= 0.6 is 0 Å². The topological polar surface area (TPSA) is 0 Å². The average Bonchev–Trinajstić information content (AvgIpc) is 3.01. The van der Waals surface area contributed by atoms with Gasteiger partial charge in [-0.2, -0.15) is 0 Å². The van der Waals surface area contributed by atoms with Crippen LogP contribution in [0.4, 0.5) is 0 Å². The molecule has 0 heterocycles. The number of hydrogen-bond acceptors (Lipinski definition) is 0. The van der Waals surface area contributed by atoms with Crippen LogP contribution in [-0.2, 0) is 31.3 Å². The van der Waals surface area contributed by atoms with Gasteiger partial charge >= 0.3 is 260 Å². The Balaban J connectivity index is 0.00000308. The quantitative estimate of drug-likeness (QED) is 0.339. The third-order valence-corrected chi connectivity index (χ3v) is 13.7. The van der Waals surface area contributed by atoms with E-state index in [1.165, 1.54) is 50.1 Å². The Bertz CT molecular complexity index is 1470. The van der Waals surface area contributed by atoms with Crippen molar-refractivity contribution in [2.45, 2.75) is 103 Å². The molecule has 230 valence electrons. The summed E-state index contributed by atoms with van der Waals surface area (Å²) in [7, 11) is -0.697. The van der Waals surface area contributed by atoms with E-state index in [9.17, 15) is 0 Å². The molecular formula is C38H49Cl3SiTi. The molecule has 43 heavy (non-hydrogen) atoms. The van der Waals surface area contributed by atoms with Crippen LogP contribution in [0.5, 0.6) is 0 Å². The molecule has 0 aliphatic heterocycles. The molecule has 0 saturated heterocycles. The summed E-state index contributed by atoms with van der Waals surface area (Å²) in [4.78, 5) is 0. The molecule has 1 aliphatic rings. The Morgan fingerprint density at radius 2 is 1.14 bits per heavy atom. The Morgan fingerprint density at radius 1 is 0.628 bits per heavy atom. The maximum Gasteiger partial charge on any atom is -1.00 e. The number of halogens is 3. The smallest absolute Gasteiger partial charge is 1.00 e.